The summed E-state index contributed by atoms with van der Waals surface area (Å²) in [6.07, 6.45) is 5.17. The van der Waals surface area contributed by atoms with E-state index in [1.165, 1.54) is 0 Å². The minimum atomic E-state index is -4.10. The Balaban J connectivity index is 1.38. The second kappa shape index (κ2) is 11.1. The molecule has 3 unspecified atom stereocenters. The van der Waals surface area contributed by atoms with Crippen molar-refractivity contribution in [3.8, 4) is 0 Å². The zero-order chi connectivity index (χ0) is 29.0. The maximum absolute atomic E-state index is 12.3. The first-order chi connectivity index (χ1) is 18.0. The zero-order valence-corrected chi connectivity index (χ0v) is 24.9. The molecule has 0 aromatic rings. The van der Waals surface area contributed by atoms with Gasteiger partial charge in [-0.2, -0.15) is 8.42 Å². The molecule has 10 heteroatoms. The topological polar surface area (TPSA) is 164 Å². The van der Waals surface area contributed by atoms with Crippen molar-refractivity contribution in [2.24, 2.45) is 46.3 Å². The third-order valence-electron chi connectivity index (χ3n) is 12.0. The molecule has 0 heterocycles. The van der Waals surface area contributed by atoms with Gasteiger partial charge in [0.05, 0.1) is 29.7 Å². The quantitative estimate of drug-likeness (QED) is 0.229. The van der Waals surface area contributed by atoms with Crippen molar-refractivity contribution in [3.05, 3.63) is 0 Å². The van der Waals surface area contributed by atoms with Crippen molar-refractivity contribution in [2.75, 3.05) is 12.3 Å². The molecule has 0 spiro atoms. The molecule has 1 amide bonds. The van der Waals surface area contributed by atoms with E-state index in [-0.39, 0.29) is 48.0 Å². The van der Waals surface area contributed by atoms with Gasteiger partial charge in [0.1, 0.15) is 0 Å². The second-order valence-corrected chi connectivity index (χ2v) is 15.7. The van der Waals surface area contributed by atoms with E-state index in [0.29, 0.717) is 37.5 Å². The average Bonchev–Trinajstić information content (AvgIpc) is 3.11. The highest BCUT2D eigenvalue weighted by Gasteiger charge is 2.68. The van der Waals surface area contributed by atoms with E-state index in [4.69, 9.17) is 4.55 Å². The Bertz CT molecular complexity index is 1010. The van der Waals surface area contributed by atoms with Crippen LogP contribution in [0.1, 0.15) is 91.9 Å². The van der Waals surface area contributed by atoms with Crippen LogP contribution in [0, 0.1) is 46.3 Å². The minimum absolute atomic E-state index is 0.0570. The molecule has 39 heavy (non-hydrogen) atoms. The van der Waals surface area contributed by atoms with E-state index in [2.05, 4.69) is 26.1 Å². The first kappa shape index (κ1) is 31.2. The fourth-order valence-electron chi connectivity index (χ4n) is 9.81. The lowest BCUT2D eigenvalue weighted by atomic mass is 9.42. The molecule has 0 saturated heterocycles. The van der Waals surface area contributed by atoms with E-state index in [0.717, 1.165) is 32.1 Å². The zero-order valence-electron chi connectivity index (χ0n) is 24.1. The smallest absolute Gasteiger partial charge is 0.266 e. The fourth-order valence-corrected chi connectivity index (χ4v) is 10.2. The number of hydrogen-bond donors (Lipinski definition) is 6. The van der Waals surface area contributed by atoms with Crippen molar-refractivity contribution >= 4 is 16.0 Å². The van der Waals surface area contributed by atoms with Crippen LogP contribution in [0.5, 0.6) is 0 Å². The number of aliphatic hydroxyl groups excluding tert-OH is 3. The van der Waals surface area contributed by atoms with Crippen molar-refractivity contribution in [1.82, 2.24) is 5.32 Å². The molecule has 4 aliphatic rings. The molecule has 6 N–H and O–H groups in total. The summed E-state index contributed by atoms with van der Waals surface area (Å²) in [5, 5.41) is 47.2. The summed E-state index contributed by atoms with van der Waals surface area (Å²) < 4.78 is 30.5. The molecule has 4 aliphatic carbocycles. The van der Waals surface area contributed by atoms with Crippen LogP contribution in [0.3, 0.4) is 0 Å². The Morgan fingerprint density at radius 3 is 2.41 bits per heavy atom. The van der Waals surface area contributed by atoms with Gasteiger partial charge in [0.25, 0.3) is 10.1 Å². The highest BCUT2D eigenvalue weighted by Crippen LogP contribution is 2.69. The summed E-state index contributed by atoms with van der Waals surface area (Å²) in [5.41, 5.74) is -1.82. The van der Waals surface area contributed by atoms with E-state index in [9.17, 15) is 33.6 Å². The van der Waals surface area contributed by atoms with E-state index >= 15 is 0 Å². The molecule has 0 aromatic carbocycles. The molecule has 4 saturated carbocycles. The Kier molecular flexibility index (Phi) is 8.90. The number of fused-ring (bicyclic) bond motifs is 5. The highest BCUT2D eigenvalue weighted by molar-refractivity contribution is 7.85. The number of hydrogen-bond acceptors (Lipinski definition) is 7. The number of aliphatic hydroxyl groups is 4. The van der Waals surface area contributed by atoms with Gasteiger partial charge in [-0.25, -0.2) is 0 Å². The summed E-state index contributed by atoms with van der Waals surface area (Å²) in [6, 6.07) is 0. The van der Waals surface area contributed by atoms with Crippen molar-refractivity contribution in [1.29, 1.82) is 0 Å². The molecular weight excluding hydrogens is 522 g/mol. The SMILES string of the molecule is C[C@H](CCC[C@H](C)C(=O)NCCS(=O)(=O)O)[C@H]1C[C@H](O)C2C3C[C@@H](O)[C@@]4(O)C[C@@H](O)CC[C@]4(C)C3CC[C@@]21C. The Morgan fingerprint density at radius 2 is 1.74 bits per heavy atom. The van der Waals surface area contributed by atoms with Crippen LogP contribution in [0.25, 0.3) is 0 Å². The third kappa shape index (κ3) is 5.67. The Labute approximate surface area is 233 Å². The van der Waals surface area contributed by atoms with Crippen LogP contribution in [0.2, 0.25) is 0 Å². The predicted molar refractivity (Wildman–Crippen MR) is 147 cm³/mol. The molecule has 4 fully saturated rings. The second-order valence-electron chi connectivity index (χ2n) is 14.1. The van der Waals surface area contributed by atoms with Crippen molar-refractivity contribution < 1.29 is 38.2 Å². The number of nitrogens with one attached hydrogen (secondary N) is 1. The van der Waals surface area contributed by atoms with Gasteiger partial charge in [0.2, 0.25) is 5.91 Å². The summed E-state index contributed by atoms with van der Waals surface area (Å²) in [7, 11) is -4.10. The standard InChI is InChI=1S/C29H51NO8S/c1-17(6-5-7-18(2)26(34)30-12-13-39(36,37)38)22-15-23(32)25-20-14-24(33)29(35)16-19(31)8-11-28(29,4)21(20)9-10-27(22,25)3/h17-25,31-33,35H,5-16H2,1-4H3,(H,30,34)(H,36,37,38)/t17-,18+,19+,20?,21?,22-,23+,24-,25?,27-,28-,29+/m1/s1. The van der Waals surface area contributed by atoms with Crippen molar-refractivity contribution in [2.45, 2.75) is 116 Å². The van der Waals surface area contributed by atoms with Gasteiger partial charge in [0.15, 0.2) is 0 Å². The van der Waals surface area contributed by atoms with Gasteiger partial charge >= 0.3 is 0 Å². The molecule has 0 radical (unpaired) electrons. The maximum Gasteiger partial charge on any atom is 0.266 e. The number of rotatable bonds is 9. The Morgan fingerprint density at radius 1 is 1.05 bits per heavy atom. The minimum Gasteiger partial charge on any atom is -0.393 e. The largest absolute Gasteiger partial charge is 0.393 e. The van der Waals surface area contributed by atoms with Crippen molar-refractivity contribution in [3.63, 3.8) is 0 Å². The molecule has 0 aliphatic heterocycles. The summed E-state index contributed by atoms with van der Waals surface area (Å²) in [5.74, 6) is 0.127. The predicted octanol–water partition coefficient (Wildman–Crippen LogP) is 2.51. The summed E-state index contributed by atoms with van der Waals surface area (Å²) >= 11 is 0. The maximum atomic E-state index is 12.3. The van der Waals surface area contributed by atoms with Gasteiger partial charge in [-0.1, -0.05) is 40.5 Å². The van der Waals surface area contributed by atoms with Gasteiger partial charge in [-0.15, -0.1) is 0 Å². The lowest BCUT2D eigenvalue weighted by molar-refractivity contribution is -0.268. The van der Waals surface area contributed by atoms with Crippen LogP contribution >= 0.6 is 0 Å². The van der Waals surface area contributed by atoms with E-state index < -0.39 is 45.2 Å². The molecule has 12 atom stereocenters. The summed E-state index contributed by atoms with van der Waals surface area (Å²) in [4.78, 5) is 12.3. The monoisotopic (exact) mass is 573 g/mol. The van der Waals surface area contributed by atoms with Gasteiger partial charge in [-0.05, 0) is 80.0 Å². The lowest BCUT2D eigenvalue weighted by Gasteiger charge is -2.65. The fraction of sp³-hybridized carbons (Fsp3) is 0.966. The molecule has 226 valence electrons. The van der Waals surface area contributed by atoms with Crippen LogP contribution in [0.15, 0.2) is 0 Å². The Hall–Kier alpha value is -0.780. The molecule has 4 rings (SSSR count). The average molecular weight is 574 g/mol. The number of carbonyl (C=O) groups excluding carboxylic acids is 1. The number of carbonyl (C=O) groups is 1. The van der Waals surface area contributed by atoms with Gasteiger partial charge in [-0.3, -0.25) is 9.35 Å². The van der Waals surface area contributed by atoms with Crippen LogP contribution < -0.4 is 5.32 Å². The highest BCUT2D eigenvalue weighted by atomic mass is 32.2. The van der Waals surface area contributed by atoms with E-state index in [1.807, 2.05) is 6.92 Å². The lowest BCUT2D eigenvalue weighted by Crippen LogP contribution is -2.69. The van der Waals surface area contributed by atoms with Crippen LogP contribution in [-0.2, 0) is 14.9 Å². The number of amides is 1. The first-order valence-electron chi connectivity index (χ1n) is 15.0. The van der Waals surface area contributed by atoms with Crippen LogP contribution in [0.4, 0.5) is 0 Å². The van der Waals surface area contributed by atoms with Gasteiger partial charge < -0.3 is 25.7 Å². The molecule has 0 bridgehead atoms. The first-order valence-corrected chi connectivity index (χ1v) is 16.6. The normalized spacial score (nSPS) is 45.5. The van der Waals surface area contributed by atoms with E-state index in [1.54, 1.807) is 0 Å². The molecule has 9 nitrogen and oxygen atoms in total. The molecule has 0 aromatic heterocycles. The summed E-state index contributed by atoms with van der Waals surface area (Å²) in [6.45, 7) is 8.38. The molecular formula is C29H51NO8S. The van der Waals surface area contributed by atoms with Gasteiger partial charge in [0, 0.05) is 24.3 Å². The van der Waals surface area contributed by atoms with Crippen LogP contribution in [-0.4, -0.2) is 75.5 Å². The third-order valence-corrected chi connectivity index (χ3v) is 12.7.